The van der Waals surface area contributed by atoms with E-state index in [9.17, 15) is 9.18 Å². The van der Waals surface area contributed by atoms with E-state index in [1.165, 1.54) is 55.4 Å². The molecule has 1 N–H and O–H groups in total. The molecule has 36 heavy (non-hydrogen) atoms. The molecule has 1 aromatic carbocycles. The van der Waals surface area contributed by atoms with Gasteiger partial charge in [0.25, 0.3) is 0 Å². The second kappa shape index (κ2) is 13.2. The summed E-state index contributed by atoms with van der Waals surface area (Å²) in [6.07, 6.45) is 20.0. The third kappa shape index (κ3) is 7.30. The van der Waals surface area contributed by atoms with Gasteiger partial charge in [-0.1, -0.05) is 51.5 Å². The predicted octanol–water partition coefficient (Wildman–Crippen LogP) is 7.79. The van der Waals surface area contributed by atoms with Crippen molar-refractivity contribution in [3.63, 3.8) is 0 Å². The summed E-state index contributed by atoms with van der Waals surface area (Å²) in [5, 5.41) is 8.00. The molecule has 0 saturated heterocycles. The van der Waals surface area contributed by atoms with E-state index >= 15 is 0 Å². The summed E-state index contributed by atoms with van der Waals surface area (Å²) < 4.78 is 15.3. The molecule has 1 aromatic heterocycles. The SMILES string of the molecule is CCCC(CC(CC)CCC1=Cc2c(cnn2-c2ccc(F)cc2)CC1)NC(=O)CC1CCCCC1. The van der Waals surface area contributed by atoms with Crippen molar-refractivity contribution in [3.05, 3.63) is 53.1 Å². The number of rotatable bonds is 12. The average molecular weight is 494 g/mol. The average Bonchev–Trinajstić information content (AvgIpc) is 3.31. The molecule has 1 fully saturated rings. The van der Waals surface area contributed by atoms with Gasteiger partial charge in [-0.15, -0.1) is 0 Å². The maximum Gasteiger partial charge on any atom is 0.220 e. The van der Waals surface area contributed by atoms with Crippen LogP contribution in [0.15, 0.2) is 36.0 Å². The van der Waals surface area contributed by atoms with Gasteiger partial charge in [-0.25, -0.2) is 9.07 Å². The Balaban J connectivity index is 1.33. The van der Waals surface area contributed by atoms with Crippen LogP contribution in [0.1, 0.15) is 109 Å². The number of fused-ring (bicyclic) bond motifs is 1. The number of hydrogen-bond donors (Lipinski definition) is 1. The van der Waals surface area contributed by atoms with Crippen LogP contribution in [0.3, 0.4) is 0 Å². The Bertz CT molecular complexity index is 1000. The van der Waals surface area contributed by atoms with Gasteiger partial charge in [0, 0.05) is 12.5 Å². The van der Waals surface area contributed by atoms with Crippen LogP contribution in [0.25, 0.3) is 11.8 Å². The molecule has 0 radical (unpaired) electrons. The Kier molecular flexibility index (Phi) is 9.77. The van der Waals surface area contributed by atoms with Gasteiger partial charge in [0.1, 0.15) is 5.82 Å². The van der Waals surface area contributed by atoms with Crippen LogP contribution in [0.5, 0.6) is 0 Å². The first kappa shape index (κ1) is 26.6. The lowest BCUT2D eigenvalue weighted by atomic mass is 9.85. The van der Waals surface area contributed by atoms with Crippen LogP contribution < -0.4 is 5.32 Å². The molecule has 0 bridgehead atoms. The van der Waals surface area contributed by atoms with Crippen LogP contribution >= 0.6 is 0 Å². The summed E-state index contributed by atoms with van der Waals surface area (Å²) in [7, 11) is 0. The molecule has 2 aliphatic carbocycles. The smallest absolute Gasteiger partial charge is 0.220 e. The topological polar surface area (TPSA) is 46.9 Å². The Labute approximate surface area is 216 Å². The number of aromatic nitrogens is 2. The number of nitrogens with one attached hydrogen (secondary N) is 1. The minimum Gasteiger partial charge on any atom is -0.353 e. The first-order valence-corrected chi connectivity index (χ1v) is 14.4. The number of halogens is 1. The lowest BCUT2D eigenvalue weighted by Gasteiger charge is -2.26. The fourth-order valence-corrected chi connectivity index (χ4v) is 6.10. The summed E-state index contributed by atoms with van der Waals surface area (Å²) in [5.41, 5.74) is 4.76. The van der Waals surface area contributed by atoms with Gasteiger partial charge in [0.05, 0.1) is 17.6 Å². The molecular formula is C31H44FN3O. The van der Waals surface area contributed by atoms with E-state index in [1.54, 1.807) is 12.1 Å². The normalized spacial score (nSPS) is 17.8. The van der Waals surface area contributed by atoms with Crippen molar-refractivity contribution in [1.82, 2.24) is 15.1 Å². The van der Waals surface area contributed by atoms with E-state index in [1.807, 2.05) is 10.9 Å². The van der Waals surface area contributed by atoms with Gasteiger partial charge in [0.15, 0.2) is 0 Å². The summed E-state index contributed by atoms with van der Waals surface area (Å²) in [4.78, 5) is 12.8. The van der Waals surface area contributed by atoms with Gasteiger partial charge in [-0.3, -0.25) is 4.79 Å². The van der Waals surface area contributed by atoms with E-state index in [0.717, 1.165) is 62.7 Å². The fraction of sp³-hybridized carbons (Fsp3) is 0.613. The molecule has 4 rings (SSSR count). The number of carbonyl (C=O) groups excluding carboxylic acids is 1. The van der Waals surface area contributed by atoms with Crippen LogP contribution in [-0.2, 0) is 11.2 Å². The molecule has 1 saturated carbocycles. The number of nitrogens with zero attached hydrogens (tertiary/aromatic N) is 2. The second-order valence-corrected chi connectivity index (χ2v) is 11.1. The van der Waals surface area contributed by atoms with Crippen molar-refractivity contribution in [1.29, 1.82) is 0 Å². The van der Waals surface area contributed by atoms with E-state index < -0.39 is 0 Å². The van der Waals surface area contributed by atoms with E-state index in [0.29, 0.717) is 24.3 Å². The summed E-state index contributed by atoms with van der Waals surface area (Å²) in [5.74, 6) is 1.25. The highest BCUT2D eigenvalue weighted by Crippen LogP contribution is 2.31. The van der Waals surface area contributed by atoms with Gasteiger partial charge in [0.2, 0.25) is 5.91 Å². The van der Waals surface area contributed by atoms with Gasteiger partial charge < -0.3 is 5.32 Å². The molecule has 1 amide bonds. The molecule has 0 spiro atoms. The van der Waals surface area contributed by atoms with Crippen LogP contribution in [0, 0.1) is 17.7 Å². The van der Waals surface area contributed by atoms with Crippen LogP contribution in [-0.4, -0.2) is 21.7 Å². The number of allylic oxidation sites excluding steroid dienone is 1. The minimum absolute atomic E-state index is 0.229. The lowest BCUT2D eigenvalue weighted by Crippen LogP contribution is -2.37. The van der Waals surface area contributed by atoms with Gasteiger partial charge in [-0.05, 0) is 99.1 Å². The Morgan fingerprint density at radius 2 is 1.89 bits per heavy atom. The Hall–Kier alpha value is -2.43. The number of aryl methyl sites for hydroxylation is 1. The molecule has 2 unspecified atom stereocenters. The van der Waals surface area contributed by atoms with Crippen LogP contribution in [0.4, 0.5) is 4.39 Å². The molecule has 2 aliphatic rings. The molecule has 2 aromatic rings. The first-order valence-electron chi connectivity index (χ1n) is 14.4. The molecule has 0 aliphatic heterocycles. The third-order valence-corrected chi connectivity index (χ3v) is 8.28. The van der Waals surface area contributed by atoms with E-state index in [4.69, 9.17) is 0 Å². The molecule has 196 valence electrons. The minimum atomic E-state index is -0.229. The number of hydrogen-bond acceptors (Lipinski definition) is 2. The quantitative estimate of drug-likeness (QED) is 0.328. The standard InChI is InChI=1S/C31H44FN3O/c1-3-8-28(34-31(36)21-24-9-6-5-7-10-24)19-23(4-2)11-12-25-13-14-26-22-33-35(30(26)20-25)29-17-15-27(32)16-18-29/h15-18,20,22-24,28H,3-14,19,21H2,1-2H3,(H,34,36). The van der Waals surface area contributed by atoms with Crippen molar-refractivity contribution in [3.8, 4) is 5.69 Å². The predicted molar refractivity (Wildman–Crippen MR) is 145 cm³/mol. The fourth-order valence-electron chi connectivity index (χ4n) is 6.10. The summed E-state index contributed by atoms with van der Waals surface area (Å²) >= 11 is 0. The Morgan fingerprint density at radius 1 is 1.11 bits per heavy atom. The van der Waals surface area contributed by atoms with E-state index in [-0.39, 0.29) is 11.7 Å². The second-order valence-electron chi connectivity index (χ2n) is 11.1. The lowest BCUT2D eigenvalue weighted by molar-refractivity contribution is -0.123. The summed E-state index contributed by atoms with van der Waals surface area (Å²) in [6, 6.07) is 6.85. The maximum absolute atomic E-state index is 13.4. The largest absolute Gasteiger partial charge is 0.353 e. The highest BCUT2D eigenvalue weighted by molar-refractivity contribution is 5.76. The van der Waals surface area contributed by atoms with Gasteiger partial charge >= 0.3 is 0 Å². The maximum atomic E-state index is 13.4. The molecular weight excluding hydrogens is 449 g/mol. The van der Waals surface area contributed by atoms with Crippen molar-refractivity contribution < 1.29 is 9.18 Å². The monoisotopic (exact) mass is 493 g/mol. The van der Waals surface area contributed by atoms with Crippen molar-refractivity contribution in [2.24, 2.45) is 11.8 Å². The number of carbonyl (C=O) groups is 1. The zero-order chi connectivity index (χ0) is 25.3. The summed E-state index contributed by atoms with van der Waals surface area (Å²) in [6.45, 7) is 4.50. The third-order valence-electron chi connectivity index (χ3n) is 8.28. The van der Waals surface area contributed by atoms with Gasteiger partial charge in [-0.2, -0.15) is 5.10 Å². The Morgan fingerprint density at radius 3 is 2.61 bits per heavy atom. The van der Waals surface area contributed by atoms with Crippen molar-refractivity contribution in [2.45, 2.75) is 110 Å². The number of amides is 1. The molecule has 1 heterocycles. The highest BCUT2D eigenvalue weighted by Gasteiger charge is 2.22. The first-order chi connectivity index (χ1) is 17.6. The van der Waals surface area contributed by atoms with Crippen molar-refractivity contribution >= 4 is 12.0 Å². The molecule has 2 atom stereocenters. The zero-order valence-electron chi connectivity index (χ0n) is 22.3. The molecule has 4 nitrogen and oxygen atoms in total. The van der Waals surface area contributed by atoms with Crippen LogP contribution in [0.2, 0.25) is 0 Å². The van der Waals surface area contributed by atoms with Crippen molar-refractivity contribution in [2.75, 3.05) is 0 Å². The highest BCUT2D eigenvalue weighted by atomic mass is 19.1. The van der Waals surface area contributed by atoms with E-state index in [2.05, 4.69) is 30.3 Å². The number of benzene rings is 1. The zero-order valence-corrected chi connectivity index (χ0v) is 22.3. The molecule has 5 heteroatoms.